The average Bonchev–Trinajstić information content (AvgIpc) is 2.12. The zero-order valence-corrected chi connectivity index (χ0v) is 13.5. The van der Waals surface area contributed by atoms with Crippen molar-refractivity contribution in [1.82, 2.24) is 0 Å². The minimum Gasteiger partial charge on any atom is -0.542 e. The van der Waals surface area contributed by atoms with Crippen LogP contribution in [0.25, 0.3) is 0 Å². The second kappa shape index (κ2) is 225. The van der Waals surface area contributed by atoms with Gasteiger partial charge in [-0.05, 0) is 0 Å². The maximum atomic E-state index is 8.68. The number of rotatable bonds is 0. The molecule has 5 nitrogen and oxygen atoms in total. The van der Waals surface area contributed by atoms with E-state index in [1.807, 2.05) is 0 Å². The van der Waals surface area contributed by atoms with Gasteiger partial charge in [0.05, 0.1) is 0 Å². The molecular weight excluding hydrogens is 381 g/mol. The van der Waals surface area contributed by atoms with Crippen molar-refractivity contribution >= 4 is 25.1 Å². The molecule has 0 atom stereocenters. The van der Waals surface area contributed by atoms with Crippen molar-refractivity contribution in [3.05, 3.63) is 6.92 Å². The van der Waals surface area contributed by atoms with Crippen molar-refractivity contribution in [2.24, 2.45) is 0 Å². The minimum atomic E-state index is 0. The van der Waals surface area contributed by atoms with Crippen molar-refractivity contribution in [3.63, 3.8) is 0 Å². The van der Waals surface area contributed by atoms with Crippen LogP contribution in [0, 0.1) is 6.92 Å². The first-order valence-corrected chi connectivity index (χ1v) is 3.52. The molecule has 0 aromatic heterocycles. The zero-order valence-electron chi connectivity index (χ0n) is 10.3. The van der Waals surface area contributed by atoms with E-state index in [1.165, 1.54) is 52.8 Å². The first kappa shape index (κ1) is 45.3. The van der Waals surface area contributed by atoms with E-state index in [1.54, 1.807) is 6.92 Å². The summed E-state index contributed by atoms with van der Waals surface area (Å²) in [7, 11) is 0. The summed E-state index contributed by atoms with van der Waals surface area (Å²) < 4.78 is 0. The van der Waals surface area contributed by atoms with E-state index < -0.39 is 0 Å². The largest absolute Gasteiger partial charge is 5.00 e. The Morgan fingerprint density at radius 3 is 0.625 bits per heavy atom. The van der Waals surface area contributed by atoms with Crippen LogP contribution >= 0.6 is 0 Å². The van der Waals surface area contributed by atoms with Gasteiger partial charge < -0.3 is 31.6 Å². The molecular formula is C10H19O5Ta. The molecule has 0 saturated heterocycles. The molecule has 0 fully saturated rings. The molecule has 0 aromatic rings. The van der Waals surface area contributed by atoms with Crippen LogP contribution in [0.15, 0.2) is 0 Å². The Bertz CT molecular complexity index is 73.2. The van der Waals surface area contributed by atoms with Gasteiger partial charge in [0.2, 0.25) is 0 Å². The molecule has 0 aromatic carbocycles. The van der Waals surface area contributed by atoms with Crippen LogP contribution in [-0.2, 0) is 41.6 Å². The molecule has 0 heterocycles. The van der Waals surface area contributed by atoms with Crippen LogP contribution < -0.4 is 0 Å². The van der Waals surface area contributed by atoms with Gasteiger partial charge in [0.1, 0.15) is 0 Å². The maximum absolute atomic E-state index is 8.68. The molecule has 0 radical (unpaired) electrons. The summed E-state index contributed by atoms with van der Waals surface area (Å²) in [6.07, 6.45) is 6.00. The predicted molar refractivity (Wildman–Crippen MR) is 60.1 cm³/mol. The quantitative estimate of drug-likeness (QED) is 0.552. The van der Waals surface area contributed by atoms with Gasteiger partial charge in [-0.3, -0.25) is 25.1 Å². The molecule has 6 heteroatoms. The molecule has 2 N–H and O–H groups in total. The smallest absolute Gasteiger partial charge is 0.542 e. The Balaban J connectivity index is -0.0000000124. The third-order valence-electron chi connectivity index (χ3n) is 0. The van der Waals surface area contributed by atoms with E-state index in [0.29, 0.717) is 0 Å². The number of hydrogen-bond acceptors (Lipinski definition) is 4. The van der Waals surface area contributed by atoms with Crippen LogP contribution in [0.4, 0.5) is 0 Å². The van der Waals surface area contributed by atoms with E-state index >= 15 is 0 Å². The van der Waals surface area contributed by atoms with Crippen LogP contribution in [0.5, 0.6) is 0 Å². The summed E-state index contributed by atoms with van der Waals surface area (Å²) in [4.78, 5) is 34.7. The topological polar surface area (TPSA) is 99.8 Å². The molecule has 0 saturated carbocycles. The standard InChI is InChI=1S/4C2H3O.C2H5.H2O.Ta/c4*1-2-3;1-2;;/h4*1H3;1H2,2H3;1H2;/q5*-1;;+5. The summed E-state index contributed by atoms with van der Waals surface area (Å²) in [6.45, 7) is 10.3. The van der Waals surface area contributed by atoms with Crippen LogP contribution in [0.3, 0.4) is 0 Å². The second-order valence-corrected chi connectivity index (χ2v) is 0.816. The van der Waals surface area contributed by atoms with Gasteiger partial charge in [0, 0.05) is 0 Å². The SMILES string of the molecule is C[C-]=O.C[C-]=O.C[C-]=O.C[C-]=O.O.[CH2-]C.[Ta+5]. The molecule has 0 bridgehead atoms. The third kappa shape index (κ3) is 5340. The maximum Gasteiger partial charge on any atom is 5.00 e. The number of carbonyl (C=O) groups excluding carboxylic acids is 4. The van der Waals surface area contributed by atoms with Crippen LogP contribution in [0.1, 0.15) is 34.6 Å². The Hall–Kier alpha value is -0.620. The van der Waals surface area contributed by atoms with Crippen molar-refractivity contribution < 1.29 is 47.0 Å². The molecule has 0 aliphatic rings. The molecule has 0 unspecified atom stereocenters. The van der Waals surface area contributed by atoms with Gasteiger partial charge >= 0.3 is 22.4 Å². The molecule has 16 heavy (non-hydrogen) atoms. The molecule has 0 spiro atoms. The normalized spacial score (nSPS) is 3.62. The summed E-state index contributed by atoms with van der Waals surface area (Å²) in [6, 6.07) is 0. The van der Waals surface area contributed by atoms with Gasteiger partial charge in [0.15, 0.2) is 0 Å². The molecule has 0 aliphatic heterocycles. The van der Waals surface area contributed by atoms with Gasteiger partial charge in [-0.25, -0.2) is 0 Å². The second-order valence-electron chi connectivity index (χ2n) is 0.816. The van der Waals surface area contributed by atoms with E-state index in [0.717, 1.165) is 0 Å². The molecule has 0 rings (SSSR count). The first-order chi connectivity index (χ1) is 6.66. The Morgan fingerprint density at radius 2 is 0.625 bits per heavy atom. The average molecular weight is 400 g/mol. The summed E-state index contributed by atoms with van der Waals surface area (Å²) in [5, 5.41) is 0. The molecule has 94 valence electrons. The van der Waals surface area contributed by atoms with E-state index in [2.05, 4.69) is 6.92 Å². The fourth-order valence-electron chi connectivity index (χ4n) is 0. The summed E-state index contributed by atoms with van der Waals surface area (Å²) >= 11 is 0. The van der Waals surface area contributed by atoms with Gasteiger partial charge in [-0.15, -0.1) is 0 Å². The minimum absolute atomic E-state index is 0. The van der Waals surface area contributed by atoms with Gasteiger partial charge in [-0.1, -0.05) is 0 Å². The van der Waals surface area contributed by atoms with E-state index in [-0.39, 0.29) is 27.9 Å². The van der Waals surface area contributed by atoms with Gasteiger partial charge in [0.25, 0.3) is 0 Å². The Labute approximate surface area is 114 Å². The Kier molecular flexibility index (Phi) is 638. The monoisotopic (exact) mass is 400 g/mol. The number of hydrogen-bond donors (Lipinski definition) is 0. The fraction of sp³-hybridized carbons (Fsp3) is 0.500. The summed E-state index contributed by atoms with van der Waals surface area (Å²) in [5.41, 5.74) is 0. The molecule has 0 amide bonds. The van der Waals surface area contributed by atoms with Crippen LogP contribution in [-0.4, -0.2) is 30.6 Å². The van der Waals surface area contributed by atoms with Crippen molar-refractivity contribution in [3.8, 4) is 0 Å². The van der Waals surface area contributed by atoms with Crippen molar-refractivity contribution in [2.45, 2.75) is 34.6 Å². The zero-order chi connectivity index (χ0) is 12.8. The Morgan fingerprint density at radius 1 is 0.625 bits per heavy atom. The van der Waals surface area contributed by atoms with Crippen molar-refractivity contribution in [1.29, 1.82) is 0 Å². The van der Waals surface area contributed by atoms with E-state index in [4.69, 9.17) is 19.2 Å². The predicted octanol–water partition coefficient (Wildman–Crippen LogP) is 0.477. The third-order valence-corrected chi connectivity index (χ3v) is 0. The van der Waals surface area contributed by atoms with Crippen LogP contribution in [0.2, 0.25) is 0 Å². The molecule has 0 aliphatic carbocycles. The summed E-state index contributed by atoms with van der Waals surface area (Å²) in [5.74, 6) is 0. The fourth-order valence-corrected chi connectivity index (χ4v) is 0. The van der Waals surface area contributed by atoms with Crippen molar-refractivity contribution in [2.75, 3.05) is 0 Å². The first-order valence-electron chi connectivity index (χ1n) is 3.52. The van der Waals surface area contributed by atoms with E-state index in [9.17, 15) is 0 Å². The van der Waals surface area contributed by atoms with Gasteiger partial charge in [-0.2, -0.15) is 34.6 Å².